The van der Waals surface area contributed by atoms with E-state index in [9.17, 15) is 14.4 Å². The van der Waals surface area contributed by atoms with Crippen LogP contribution >= 0.6 is 0 Å². The van der Waals surface area contributed by atoms with Gasteiger partial charge in [0.05, 0.1) is 44.2 Å². The Bertz CT molecular complexity index is 1190. The molecule has 0 spiro atoms. The molecule has 0 aromatic carbocycles. The highest BCUT2D eigenvalue weighted by molar-refractivity contribution is 5.70. The van der Waals surface area contributed by atoms with Gasteiger partial charge in [0.2, 0.25) is 0 Å². The van der Waals surface area contributed by atoms with Crippen molar-refractivity contribution in [2.45, 2.75) is 84.2 Å². The number of carbonyl (C=O) groups is 3. The van der Waals surface area contributed by atoms with Gasteiger partial charge in [-0.3, -0.25) is 19.3 Å². The molecule has 0 saturated heterocycles. The molecular weight excluding hydrogens is 578 g/mol. The SMILES string of the molecule is C/C(=C/CCC(C)OC(=O)CCc1ccco1)CCCN(CCOC(=O)CCc1ccco1)CCOC(=O)CCc1ccco1. The number of hydrogen-bond donors (Lipinski definition) is 0. The fourth-order valence-corrected chi connectivity index (χ4v) is 4.69. The lowest BCUT2D eigenvalue weighted by molar-refractivity contribution is -0.148. The largest absolute Gasteiger partial charge is 0.469 e. The third kappa shape index (κ3) is 16.0. The third-order valence-corrected chi connectivity index (χ3v) is 7.25. The fourth-order valence-electron chi connectivity index (χ4n) is 4.69. The number of aryl methyl sites for hydroxylation is 3. The molecular formula is C35H47NO9. The van der Waals surface area contributed by atoms with E-state index in [0.717, 1.165) is 49.5 Å². The van der Waals surface area contributed by atoms with Crippen molar-refractivity contribution in [2.24, 2.45) is 0 Å². The first-order valence-electron chi connectivity index (χ1n) is 15.8. The molecule has 0 amide bonds. The Morgan fingerprint density at radius 1 is 0.733 bits per heavy atom. The summed E-state index contributed by atoms with van der Waals surface area (Å²) in [7, 11) is 0. The van der Waals surface area contributed by atoms with E-state index in [0.29, 0.717) is 38.8 Å². The minimum atomic E-state index is -0.271. The van der Waals surface area contributed by atoms with Crippen LogP contribution in [0.3, 0.4) is 0 Å². The van der Waals surface area contributed by atoms with Gasteiger partial charge in [0.1, 0.15) is 30.5 Å². The molecule has 1 unspecified atom stereocenters. The highest BCUT2D eigenvalue weighted by Gasteiger charge is 2.12. The van der Waals surface area contributed by atoms with E-state index in [2.05, 4.69) is 17.9 Å². The molecule has 3 rings (SSSR count). The van der Waals surface area contributed by atoms with Gasteiger partial charge in [-0.1, -0.05) is 11.6 Å². The van der Waals surface area contributed by atoms with E-state index in [1.807, 2.05) is 31.2 Å². The maximum atomic E-state index is 12.2. The van der Waals surface area contributed by atoms with Crippen LogP contribution in [0.5, 0.6) is 0 Å². The maximum absolute atomic E-state index is 12.2. The topological polar surface area (TPSA) is 122 Å². The molecule has 10 heteroatoms. The number of carbonyl (C=O) groups excluding carboxylic acids is 3. The summed E-state index contributed by atoms with van der Waals surface area (Å²) in [6.07, 6.45) is 12.6. The molecule has 246 valence electrons. The van der Waals surface area contributed by atoms with Crippen molar-refractivity contribution in [1.82, 2.24) is 4.90 Å². The Labute approximate surface area is 265 Å². The summed E-state index contributed by atoms with van der Waals surface area (Å²) >= 11 is 0. The van der Waals surface area contributed by atoms with Crippen LogP contribution in [0.2, 0.25) is 0 Å². The minimum Gasteiger partial charge on any atom is -0.469 e. The molecule has 1 atom stereocenters. The standard InChI is InChI=1S/C35H47NO9/c1-28(8-3-10-29(2)45-35(39)19-16-32-13-7-25-42-32)9-4-20-36(21-26-43-33(37)17-14-30-11-5-23-40-30)22-27-44-34(38)18-15-31-12-6-24-41-31/h5-8,11-13,23-25,29H,3-4,9-10,14-22,26-27H2,1-2H3/b28-8-. The van der Waals surface area contributed by atoms with Gasteiger partial charge in [-0.05, 0) is 82.5 Å². The zero-order valence-electron chi connectivity index (χ0n) is 26.6. The summed E-state index contributed by atoms with van der Waals surface area (Å²) in [5.74, 6) is 1.52. The molecule has 0 aliphatic rings. The van der Waals surface area contributed by atoms with E-state index in [4.69, 9.17) is 27.5 Å². The summed E-state index contributed by atoms with van der Waals surface area (Å²) < 4.78 is 32.2. The molecule has 0 fully saturated rings. The molecule has 3 heterocycles. The van der Waals surface area contributed by atoms with Gasteiger partial charge in [-0.2, -0.15) is 0 Å². The minimum absolute atomic E-state index is 0.155. The summed E-state index contributed by atoms with van der Waals surface area (Å²) in [5, 5.41) is 0. The summed E-state index contributed by atoms with van der Waals surface area (Å²) in [4.78, 5) is 38.6. The van der Waals surface area contributed by atoms with Crippen LogP contribution in [0, 0.1) is 0 Å². The molecule has 0 N–H and O–H groups in total. The predicted octanol–water partition coefficient (Wildman–Crippen LogP) is 6.49. The first-order chi connectivity index (χ1) is 21.9. The van der Waals surface area contributed by atoms with Gasteiger partial charge in [0, 0.05) is 32.4 Å². The van der Waals surface area contributed by atoms with Gasteiger partial charge >= 0.3 is 17.9 Å². The lowest BCUT2D eigenvalue weighted by atomic mass is 10.1. The molecule has 0 bridgehead atoms. The molecule has 3 aromatic heterocycles. The molecule has 10 nitrogen and oxygen atoms in total. The zero-order chi connectivity index (χ0) is 32.1. The van der Waals surface area contributed by atoms with Gasteiger partial charge in [0.25, 0.3) is 0 Å². The smallest absolute Gasteiger partial charge is 0.306 e. The molecule has 3 aromatic rings. The van der Waals surface area contributed by atoms with Crippen LogP contribution in [0.1, 0.15) is 76.1 Å². The van der Waals surface area contributed by atoms with Gasteiger partial charge < -0.3 is 27.5 Å². The number of hydrogen-bond acceptors (Lipinski definition) is 10. The van der Waals surface area contributed by atoms with Crippen molar-refractivity contribution in [3.8, 4) is 0 Å². The van der Waals surface area contributed by atoms with Crippen LogP contribution in [-0.2, 0) is 47.9 Å². The van der Waals surface area contributed by atoms with Crippen LogP contribution in [0.4, 0.5) is 0 Å². The van der Waals surface area contributed by atoms with E-state index in [1.165, 1.54) is 5.57 Å². The number of esters is 3. The van der Waals surface area contributed by atoms with Crippen molar-refractivity contribution in [2.75, 3.05) is 32.8 Å². The zero-order valence-corrected chi connectivity index (χ0v) is 26.6. The molecule has 0 aliphatic heterocycles. The van der Waals surface area contributed by atoms with Crippen LogP contribution in [0.15, 0.2) is 80.1 Å². The highest BCUT2D eigenvalue weighted by atomic mass is 16.5. The van der Waals surface area contributed by atoms with Crippen molar-refractivity contribution in [3.05, 3.63) is 84.1 Å². The van der Waals surface area contributed by atoms with Crippen molar-refractivity contribution in [3.63, 3.8) is 0 Å². The monoisotopic (exact) mass is 625 g/mol. The molecule has 0 aliphatic carbocycles. The number of rotatable bonds is 23. The van der Waals surface area contributed by atoms with Gasteiger partial charge in [0.15, 0.2) is 0 Å². The van der Waals surface area contributed by atoms with E-state index in [1.54, 1.807) is 30.9 Å². The summed E-state index contributed by atoms with van der Waals surface area (Å²) in [6, 6.07) is 10.9. The maximum Gasteiger partial charge on any atom is 0.306 e. The second-order valence-corrected chi connectivity index (χ2v) is 11.1. The molecule has 0 radical (unpaired) electrons. The Kier molecular flexibility index (Phi) is 16.4. The Balaban J connectivity index is 1.33. The average molecular weight is 626 g/mol. The first kappa shape index (κ1) is 35.4. The van der Waals surface area contributed by atoms with E-state index < -0.39 is 0 Å². The molecule has 45 heavy (non-hydrogen) atoms. The van der Waals surface area contributed by atoms with Crippen molar-refractivity contribution >= 4 is 17.9 Å². The van der Waals surface area contributed by atoms with Gasteiger partial charge in [-0.25, -0.2) is 0 Å². The Morgan fingerprint density at radius 3 is 1.69 bits per heavy atom. The van der Waals surface area contributed by atoms with Crippen molar-refractivity contribution < 1.29 is 41.8 Å². The van der Waals surface area contributed by atoms with Crippen LogP contribution < -0.4 is 0 Å². The highest BCUT2D eigenvalue weighted by Crippen LogP contribution is 2.12. The number of nitrogens with zero attached hydrogens (tertiary/aromatic N) is 1. The number of furan rings is 3. The Morgan fingerprint density at radius 2 is 1.22 bits per heavy atom. The van der Waals surface area contributed by atoms with Crippen LogP contribution in [0.25, 0.3) is 0 Å². The van der Waals surface area contributed by atoms with E-state index in [-0.39, 0.29) is 50.1 Å². The lowest BCUT2D eigenvalue weighted by Gasteiger charge is -2.22. The van der Waals surface area contributed by atoms with Crippen molar-refractivity contribution in [1.29, 1.82) is 0 Å². The average Bonchev–Trinajstić information content (AvgIpc) is 3.82. The normalized spacial score (nSPS) is 12.3. The quantitative estimate of drug-likeness (QED) is 0.0657. The summed E-state index contributed by atoms with van der Waals surface area (Å²) in [5.41, 5.74) is 1.26. The number of ether oxygens (including phenoxy) is 3. The lowest BCUT2D eigenvalue weighted by Crippen LogP contribution is -2.33. The fraction of sp³-hybridized carbons (Fsp3) is 0.514. The number of allylic oxidation sites excluding steroid dienone is 2. The van der Waals surface area contributed by atoms with E-state index >= 15 is 0 Å². The van der Waals surface area contributed by atoms with Crippen LogP contribution in [-0.4, -0.2) is 61.8 Å². The predicted molar refractivity (Wildman–Crippen MR) is 167 cm³/mol. The second kappa shape index (κ2) is 20.8. The second-order valence-electron chi connectivity index (χ2n) is 11.1. The van der Waals surface area contributed by atoms with Gasteiger partial charge in [-0.15, -0.1) is 0 Å². The molecule has 0 saturated carbocycles. The Hall–Kier alpha value is -4.05. The third-order valence-electron chi connectivity index (χ3n) is 7.25. The first-order valence-corrected chi connectivity index (χ1v) is 15.8. The summed E-state index contributed by atoms with van der Waals surface area (Å²) in [6.45, 7) is 6.39.